The Hall–Kier alpha value is -4.55. The van der Waals surface area contributed by atoms with Crippen LogP contribution >= 0.6 is 0 Å². The molecule has 6 aliphatic rings. The van der Waals surface area contributed by atoms with Crippen molar-refractivity contribution in [1.29, 1.82) is 0 Å². The van der Waals surface area contributed by atoms with Crippen molar-refractivity contribution in [3.63, 3.8) is 0 Å². The number of pyridine rings is 1. The van der Waals surface area contributed by atoms with E-state index in [4.69, 9.17) is 18.6 Å². The minimum atomic E-state index is -4.67. The molecule has 6 aliphatic heterocycles. The maximum Gasteiger partial charge on any atom is 0.407 e. The third-order valence-corrected chi connectivity index (χ3v) is 13.4. The van der Waals surface area contributed by atoms with E-state index in [-0.39, 0.29) is 47.1 Å². The molecule has 2 aromatic heterocycles. The van der Waals surface area contributed by atoms with Crippen molar-refractivity contribution >= 4 is 43.9 Å². The molecule has 0 unspecified atom stereocenters. The number of hydrogen-bond acceptors (Lipinski definition) is 11. The van der Waals surface area contributed by atoms with Crippen LogP contribution in [-0.4, -0.2) is 114 Å². The largest absolute Gasteiger partial charge is 0.461 e. The van der Waals surface area contributed by atoms with Gasteiger partial charge in [-0.1, -0.05) is 18.2 Å². The number of aromatic nitrogens is 3. The van der Waals surface area contributed by atoms with Gasteiger partial charge in [0.1, 0.15) is 35.6 Å². The number of nitrogens with one attached hydrogen (secondary N) is 1. The minimum Gasteiger partial charge on any atom is -0.461 e. The Balaban J connectivity index is 1.20. The van der Waals surface area contributed by atoms with E-state index >= 15 is 4.39 Å². The van der Waals surface area contributed by atoms with E-state index in [1.165, 1.54) is 18.3 Å². The standard InChI is InChI=1S/C39H43F4N7O6S/c1-37-9-4-12-48(21-37)34-29-19-44-32(31(41)33(29)45-35(46-34)55-23-38-10-5-13-49(38)20-26(40)18-38)28-17-27(56-57(52,53)50-14-11-39(42,43)22-50)16-25-7-2-6-24(30(25)28)8-3-15-54-36(51)47-37/h2,6-7,16-17,19,26H,3-5,8-15,18,20-23H2,1H3,(H,47,51)/t26-,37-,38+/m1/s1. The molecular formula is C39H43F4N7O6S. The van der Waals surface area contributed by atoms with Crippen LogP contribution in [0.1, 0.15) is 57.4 Å². The zero-order valence-electron chi connectivity index (χ0n) is 31.4. The van der Waals surface area contributed by atoms with E-state index in [1.54, 1.807) is 12.1 Å². The molecule has 304 valence electrons. The number of benzene rings is 2. The highest BCUT2D eigenvalue weighted by molar-refractivity contribution is 7.84. The van der Waals surface area contributed by atoms with Crippen LogP contribution < -0.4 is 19.1 Å². The Bertz CT molecular complexity index is 2370. The van der Waals surface area contributed by atoms with Crippen LogP contribution in [0.3, 0.4) is 0 Å². The second-order valence-corrected chi connectivity index (χ2v) is 17.8. The van der Waals surface area contributed by atoms with Gasteiger partial charge in [-0.25, -0.2) is 22.4 Å². The number of amides is 1. The lowest BCUT2D eigenvalue weighted by Crippen LogP contribution is -2.57. The zero-order chi connectivity index (χ0) is 39.7. The lowest BCUT2D eigenvalue weighted by Gasteiger charge is -2.41. The van der Waals surface area contributed by atoms with Gasteiger partial charge in [-0.2, -0.15) is 22.7 Å². The van der Waals surface area contributed by atoms with E-state index in [2.05, 4.69) is 20.2 Å². The molecule has 4 saturated heterocycles. The van der Waals surface area contributed by atoms with Crippen LogP contribution in [0.2, 0.25) is 0 Å². The highest BCUT2D eigenvalue weighted by Crippen LogP contribution is 2.43. The number of aryl methyl sites for hydroxylation is 1. The summed E-state index contributed by atoms with van der Waals surface area (Å²) in [6, 6.07) is 7.98. The number of ether oxygens (including phenoxy) is 2. The van der Waals surface area contributed by atoms with E-state index < -0.39 is 64.9 Å². The molecular weight excluding hydrogens is 771 g/mol. The van der Waals surface area contributed by atoms with Crippen molar-refractivity contribution in [1.82, 2.24) is 29.5 Å². The summed E-state index contributed by atoms with van der Waals surface area (Å²) in [7, 11) is -4.67. The molecule has 8 heterocycles. The summed E-state index contributed by atoms with van der Waals surface area (Å²) in [5, 5.41) is 4.32. The summed E-state index contributed by atoms with van der Waals surface area (Å²) in [4.78, 5) is 31.2. The average molecular weight is 814 g/mol. The Morgan fingerprint density at radius 3 is 2.72 bits per heavy atom. The topological polar surface area (TPSA) is 139 Å². The molecule has 6 bridgehead atoms. The van der Waals surface area contributed by atoms with Crippen LogP contribution in [0, 0.1) is 5.82 Å². The van der Waals surface area contributed by atoms with Gasteiger partial charge in [-0.05, 0) is 80.5 Å². The molecule has 4 fully saturated rings. The van der Waals surface area contributed by atoms with Crippen LogP contribution in [0.25, 0.3) is 32.9 Å². The summed E-state index contributed by atoms with van der Waals surface area (Å²) in [5.74, 6) is -3.91. The Labute approximate surface area is 326 Å². The summed E-state index contributed by atoms with van der Waals surface area (Å²) in [6.45, 7) is 2.58. The van der Waals surface area contributed by atoms with Gasteiger partial charge in [0, 0.05) is 50.8 Å². The minimum absolute atomic E-state index is 0.0889. The molecule has 13 nitrogen and oxygen atoms in total. The summed E-state index contributed by atoms with van der Waals surface area (Å²) in [5.41, 5.74) is -0.611. The SMILES string of the molecule is C[C@@]12CCCN(C1)c1nc(OC[C@@]34CCCN3C[C@H](F)C4)nc3c(F)c(ncc13)-c1cc(OS(=O)(=O)N3CCC(F)(F)C3)cc3cccc(c13)CCCOC(=O)N2. The average Bonchev–Trinajstić information content (AvgIpc) is 3.82. The summed E-state index contributed by atoms with van der Waals surface area (Å²) < 4.78 is 105. The first-order valence-corrected chi connectivity index (χ1v) is 20.8. The number of piperidine rings is 1. The molecule has 0 spiro atoms. The molecule has 1 N–H and O–H groups in total. The van der Waals surface area contributed by atoms with Crippen LogP contribution in [0.15, 0.2) is 36.5 Å². The number of rotatable bonds is 6. The second-order valence-electron chi connectivity index (χ2n) is 16.3. The number of carbonyl (C=O) groups excluding carboxylic acids is 1. The van der Waals surface area contributed by atoms with E-state index in [1.807, 2.05) is 17.9 Å². The molecule has 57 heavy (non-hydrogen) atoms. The zero-order valence-corrected chi connectivity index (χ0v) is 32.2. The fourth-order valence-corrected chi connectivity index (χ4v) is 10.5. The van der Waals surface area contributed by atoms with E-state index in [0.29, 0.717) is 72.6 Å². The van der Waals surface area contributed by atoms with E-state index in [9.17, 15) is 26.4 Å². The predicted octanol–water partition coefficient (Wildman–Crippen LogP) is 5.94. The molecule has 3 atom stereocenters. The normalized spacial score (nSPS) is 26.8. The number of alkyl carbamates (subject to hydrolysis) is 1. The first-order chi connectivity index (χ1) is 27.2. The fourth-order valence-electron chi connectivity index (χ4n) is 9.39. The third kappa shape index (κ3) is 7.17. The molecule has 4 aromatic rings. The number of fused-ring (bicyclic) bond motifs is 7. The van der Waals surface area contributed by atoms with Crippen molar-refractivity contribution in [2.45, 2.75) is 81.5 Å². The van der Waals surface area contributed by atoms with Gasteiger partial charge in [0.15, 0.2) is 5.82 Å². The first-order valence-electron chi connectivity index (χ1n) is 19.4. The molecule has 1 amide bonds. The maximum atomic E-state index is 17.5. The van der Waals surface area contributed by atoms with Crippen molar-refractivity contribution < 1.29 is 44.4 Å². The number of alkyl halides is 3. The lowest BCUT2D eigenvalue weighted by atomic mass is 9.91. The molecule has 0 saturated carbocycles. The van der Waals surface area contributed by atoms with Crippen molar-refractivity contribution in [3.8, 4) is 23.0 Å². The maximum absolute atomic E-state index is 17.5. The van der Waals surface area contributed by atoms with Gasteiger partial charge in [0.25, 0.3) is 5.92 Å². The van der Waals surface area contributed by atoms with Crippen molar-refractivity contribution in [3.05, 3.63) is 47.9 Å². The molecule has 10 rings (SSSR count). The first kappa shape index (κ1) is 38.0. The van der Waals surface area contributed by atoms with Gasteiger partial charge in [-0.3, -0.25) is 9.88 Å². The lowest BCUT2D eigenvalue weighted by molar-refractivity contribution is 0.0179. The highest BCUT2D eigenvalue weighted by Gasteiger charge is 2.50. The van der Waals surface area contributed by atoms with Crippen LogP contribution in [0.5, 0.6) is 11.8 Å². The van der Waals surface area contributed by atoms with Gasteiger partial charge in [-0.15, -0.1) is 0 Å². The van der Waals surface area contributed by atoms with Gasteiger partial charge in [0.05, 0.1) is 29.6 Å². The van der Waals surface area contributed by atoms with Crippen molar-refractivity contribution in [2.75, 3.05) is 57.4 Å². The second kappa shape index (κ2) is 14.1. The smallest absolute Gasteiger partial charge is 0.407 e. The number of nitrogens with zero attached hydrogens (tertiary/aromatic N) is 6. The predicted molar refractivity (Wildman–Crippen MR) is 202 cm³/mol. The Morgan fingerprint density at radius 1 is 1.05 bits per heavy atom. The van der Waals surface area contributed by atoms with Crippen LogP contribution in [0.4, 0.5) is 28.2 Å². The summed E-state index contributed by atoms with van der Waals surface area (Å²) >= 11 is 0. The van der Waals surface area contributed by atoms with Crippen molar-refractivity contribution in [2.24, 2.45) is 0 Å². The number of anilines is 1. The molecule has 2 aromatic carbocycles. The quantitative estimate of drug-likeness (QED) is 0.232. The highest BCUT2D eigenvalue weighted by atomic mass is 32.2. The molecule has 0 radical (unpaired) electrons. The molecule has 0 aliphatic carbocycles. The number of hydrogen-bond donors (Lipinski definition) is 1. The Morgan fingerprint density at radius 2 is 1.89 bits per heavy atom. The van der Waals surface area contributed by atoms with E-state index in [0.717, 1.165) is 24.9 Å². The van der Waals surface area contributed by atoms with Gasteiger partial charge in [0.2, 0.25) is 0 Å². The summed E-state index contributed by atoms with van der Waals surface area (Å²) in [6.07, 6.45) is 3.35. The van der Waals surface area contributed by atoms with Gasteiger partial charge >= 0.3 is 22.4 Å². The number of carbonyl (C=O) groups is 1. The Kier molecular flexibility index (Phi) is 9.38. The number of halogens is 4. The monoisotopic (exact) mass is 813 g/mol. The van der Waals surface area contributed by atoms with Crippen LogP contribution in [-0.2, 0) is 21.5 Å². The molecule has 18 heteroatoms. The fraction of sp³-hybridized carbons (Fsp3) is 0.538. The third-order valence-electron chi connectivity index (χ3n) is 12.0. The van der Waals surface area contributed by atoms with Gasteiger partial charge < -0.3 is 23.9 Å².